The smallest absolute Gasteiger partial charge is 0.295 e. The van der Waals surface area contributed by atoms with Crippen LogP contribution in [0.25, 0.3) is 0 Å². The Hall–Kier alpha value is -2.21. The third-order valence-electron chi connectivity index (χ3n) is 2.59. The number of hydrogen-bond donors (Lipinski definition) is 2. The number of Topliss-reactive ketones (excluding diaryl/α,β-unsaturated/α-hetero) is 1. The van der Waals surface area contributed by atoms with Crippen molar-refractivity contribution >= 4 is 23.3 Å². The molecular formula is C11H11N3O3. The molecule has 3 N–H and O–H groups in total. The Morgan fingerprint density at radius 3 is 2.76 bits per heavy atom. The van der Waals surface area contributed by atoms with Gasteiger partial charge in [0.25, 0.3) is 17.6 Å². The number of carbonyl (C=O) groups excluding carboxylic acids is 3. The molecule has 0 radical (unpaired) electrons. The van der Waals surface area contributed by atoms with Crippen LogP contribution in [0.3, 0.4) is 0 Å². The summed E-state index contributed by atoms with van der Waals surface area (Å²) in [6.45, 7) is 1.57. The van der Waals surface area contributed by atoms with Crippen LogP contribution >= 0.6 is 0 Å². The molecule has 0 aromatic heterocycles. The lowest BCUT2D eigenvalue weighted by molar-refractivity contribution is -0.122. The van der Waals surface area contributed by atoms with E-state index in [1.165, 1.54) is 0 Å². The third-order valence-corrected chi connectivity index (χ3v) is 2.59. The molecule has 0 unspecified atom stereocenters. The van der Waals surface area contributed by atoms with E-state index < -0.39 is 17.6 Å². The lowest BCUT2D eigenvalue weighted by Crippen LogP contribution is -2.42. The number of nitrogens with two attached hydrogens (primary N) is 1. The van der Waals surface area contributed by atoms with Crippen molar-refractivity contribution in [3.05, 3.63) is 29.3 Å². The summed E-state index contributed by atoms with van der Waals surface area (Å²) in [6, 6.07) is 5.06. The van der Waals surface area contributed by atoms with Crippen LogP contribution in [-0.2, 0) is 9.59 Å². The van der Waals surface area contributed by atoms with Crippen LogP contribution in [-0.4, -0.2) is 24.1 Å². The molecule has 0 saturated heterocycles. The molecule has 1 aromatic rings. The van der Waals surface area contributed by atoms with Crippen molar-refractivity contribution in [1.82, 2.24) is 5.43 Å². The van der Waals surface area contributed by atoms with Crippen LogP contribution in [0.2, 0.25) is 0 Å². The van der Waals surface area contributed by atoms with Gasteiger partial charge in [0.15, 0.2) is 0 Å². The van der Waals surface area contributed by atoms with E-state index in [0.717, 1.165) is 10.5 Å². The number of anilines is 1. The average molecular weight is 233 g/mol. The molecule has 6 heteroatoms. The molecule has 1 aliphatic rings. The van der Waals surface area contributed by atoms with E-state index in [-0.39, 0.29) is 6.54 Å². The molecule has 0 aliphatic carbocycles. The third kappa shape index (κ3) is 1.78. The Bertz CT molecular complexity index is 525. The lowest BCUT2D eigenvalue weighted by Gasteiger charge is -2.14. The molecule has 0 atom stereocenters. The number of carbonyl (C=O) groups is 3. The SMILES string of the molecule is Cc1ccc2c(c1)C(=O)C(=O)N2CC(=O)NN. The Morgan fingerprint density at radius 2 is 2.12 bits per heavy atom. The minimum atomic E-state index is -0.700. The molecule has 88 valence electrons. The van der Waals surface area contributed by atoms with Crippen molar-refractivity contribution in [3.8, 4) is 0 Å². The highest BCUT2D eigenvalue weighted by Gasteiger charge is 2.36. The number of ketones is 1. The van der Waals surface area contributed by atoms with Gasteiger partial charge in [-0.2, -0.15) is 0 Å². The van der Waals surface area contributed by atoms with Crippen molar-refractivity contribution in [2.45, 2.75) is 6.92 Å². The standard InChI is InChI=1S/C11H11N3O3/c1-6-2-3-8-7(4-6)10(16)11(17)14(8)5-9(15)13-12/h2-4H,5,12H2,1H3,(H,13,15). The first-order chi connectivity index (χ1) is 8.04. The van der Waals surface area contributed by atoms with Crippen molar-refractivity contribution in [2.75, 3.05) is 11.4 Å². The highest BCUT2D eigenvalue weighted by atomic mass is 16.2. The van der Waals surface area contributed by atoms with Crippen LogP contribution in [0, 0.1) is 6.92 Å². The average Bonchev–Trinajstić information content (AvgIpc) is 2.54. The largest absolute Gasteiger partial charge is 0.299 e. The predicted octanol–water partition coefficient (Wildman–Crippen LogP) is -0.486. The van der Waals surface area contributed by atoms with Crippen LogP contribution in [0.1, 0.15) is 15.9 Å². The van der Waals surface area contributed by atoms with E-state index in [1.54, 1.807) is 18.2 Å². The van der Waals surface area contributed by atoms with E-state index in [2.05, 4.69) is 0 Å². The van der Waals surface area contributed by atoms with Gasteiger partial charge in [-0.3, -0.25) is 24.7 Å². The molecule has 1 heterocycles. The predicted molar refractivity (Wildman–Crippen MR) is 60.2 cm³/mol. The number of amides is 2. The molecule has 17 heavy (non-hydrogen) atoms. The Labute approximate surface area is 97.4 Å². The molecular weight excluding hydrogens is 222 g/mol. The highest BCUT2D eigenvalue weighted by molar-refractivity contribution is 6.52. The number of nitrogens with one attached hydrogen (secondary N) is 1. The van der Waals surface area contributed by atoms with Crippen LogP contribution in [0.15, 0.2) is 18.2 Å². The summed E-state index contributed by atoms with van der Waals surface area (Å²) in [5.41, 5.74) is 3.60. The van der Waals surface area contributed by atoms with E-state index in [4.69, 9.17) is 5.84 Å². The van der Waals surface area contributed by atoms with Gasteiger partial charge in [0, 0.05) is 0 Å². The number of hydrogen-bond acceptors (Lipinski definition) is 4. The van der Waals surface area contributed by atoms with Crippen molar-refractivity contribution < 1.29 is 14.4 Å². The molecule has 0 bridgehead atoms. The van der Waals surface area contributed by atoms with Crippen LogP contribution < -0.4 is 16.2 Å². The minimum Gasteiger partial charge on any atom is -0.295 e. The normalized spacial score (nSPS) is 13.9. The Balaban J connectivity index is 2.41. The summed E-state index contributed by atoms with van der Waals surface area (Å²) >= 11 is 0. The van der Waals surface area contributed by atoms with Gasteiger partial charge < -0.3 is 0 Å². The topological polar surface area (TPSA) is 92.5 Å². The second kappa shape index (κ2) is 3.99. The number of rotatable bonds is 2. The Kier molecular flexibility index (Phi) is 2.64. The van der Waals surface area contributed by atoms with Gasteiger partial charge >= 0.3 is 0 Å². The number of nitrogens with zero attached hydrogens (tertiary/aromatic N) is 1. The quantitative estimate of drug-likeness (QED) is 0.312. The highest BCUT2D eigenvalue weighted by Crippen LogP contribution is 2.29. The first-order valence-electron chi connectivity index (χ1n) is 5.01. The van der Waals surface area contributed by atoms with Gasteiger partial charge in [0.05, 0.1) is 11.3 Å². The summed E-state index contributed by atoms with van der Waals surface area (Å²) < 4.78 is 0. The van der Waals surface area contributed by atoms with Gasteiger partial charge in [0.1, 0.15) is 6.54 Å². The summed E-state index contributed by atoms with van der Waals surface area (Å²) in [7, 11) is 0. The fourth-order valence-corrected chi connectivity index (χ4v) is 1.76. The van der Waals surface area contributed by atoms with Crippen molar-refractivity contribution in [2.24, 2.45) is 5.84 Å². The zero-order valence-corrected chi connectivity index (χ0v) is 9.19. The zero-order chi connectivity index (χ0) is 12.6. The lowest BCUT2D eigenvalue weighted by atomic mass is 10.1. The molecule has 2 rings (SSSR count). The maximum absolute atomic E-state index is 11.7. The van der Waals surface area contributed by atoms with Gasteiger partial charge in [0.2, 0.25) is 0 Å². The fourth-order valence-electron chi connectivity index (χ4n) is 1.76. The fraction of sp³-hybridized carbons (Fsp3) is 0.182. The van der Waals surface area contributed by atoms with Crippen molar-refractivity contribution in [3.63, 3.8) is 0 Å². The maximum atomic E-state index is 11.7. The van der Waals surface area contributed by atoms with E-state index in [9.17, 15) is 14.4 Å². The zero-order valence-electron chi connectivity index (χ0n) is 9.19. The molecule has 0 spiro atoms. The first-order valence-corrected chi connectivity index (χ1v) is 5.01. The molecule has 0 saturated carbocycles. The van der Waals surface area contributed by atoms with Gasteiger partial charge in [-0.15, -0.1) is 0 Å². The number of benzene rings is 1. The van der Waals surface area contributed by atoms with Gasteiger partial charge in [-0.1, -0.05) is 11.6 Å². The summed E-state index contributed by atoms with van der Waals surface area (Å²) in [4.78, 5) is 35.6. The Morgan fingerprint density at radius 1 is 1.41 bits per heavy atom. The maximum Gasteiger partial charge on any atom is 0.299 e. The van der Waals surface area contributed by atoms with E-state index >= 15 is 0 Å². The molecule has 6 nitrogen and oxygen atoms in total. The van der Waals surface area contributed by atoms with Crippen molar-refractivity contribution in [1.29, 1.82) is 0 Å². The monoisotopic (exact) mass is 233 g/mol. The molecule has 1 aromatic carbocycles. The second-order valence-electron chi connectivity index (χ2n) is 3.81. The van der Waals surface area contributed by atoms with Gasteiger partial charge in [-0.05, 0) is 19.1 Å². The summed E-state index contributed by atoms with van der Waals surface area (Å²) in [6.07, 6.45) is 0. The van der Waals surface area contributed by atoms with E-state index in [1.807, 2.05) is 12.3 Å². The van der Waals surface area contributed by atoms with Crippen LogP contribution in [0.4, 0.5) is 5.69 Å². The summed E-state index contributed by atoms with van der Waals surface area (Å²) in [5.74, 6) is 3.13. The molecule has 0 fully saturated rings. The molecule has 1 aliphatic heterocycles. The second-order valence-corrected chi connectivity index (χ2v) is 3.81. The van der Waals surface area contributed by atoms with E-state index in [0.29, 0.717) is 11.3 Å². The first kappa shape index (κ1) is 11.3. The minimum absolute atomic E-state index is 0.253. The molecule has 2 amide bonds. The van der Waals surface area contributed by atoms with Gasteiger partial charge in [-0.25, -0.2) is 5.84 Å². The summed E-state index contributed by atoms with van der Waals surface area (Å²) in [5, 5.41) is 0. The number of fused-ring (bicyclic) bond motifs is 1. The number of aryl methyl sites for hydroxylation is 1. The van der Waals surface area contributed by atoms with Crippen LogP contribution in [0.5, 0.6) is 0 Å². The number of hydrazine groups is 1.